The zero-order valence-corrected chi connectivity index (χ0v) is 9.04. The van der Waals surface area contributed by atoms with E-state index in [4.69, 9.17) is 14.2 Å². The lowest BCUT2D eigenvalue weighted by molar-refractivity contribution is -0.127. The van der Waals surface area contributed by atoms with Crippen molar-refractivity contribution in [2.24, 2.45) is 0 Å². The van der Waals surface area contributed by atoms with Gasteiger partial charge in [0.05, 0.1) is 6.54 Å². The standard InChI is InChI=1S/C9H19NO4/c1-12-6-4-5-8(11)10-7-9(13-2)14-3/h9H,4-7H2,1-3H3,(H,10,11). The molecule has 0 saturated carbocycles. The topological polar surface area (TPSA) is 56.8 Å². The fourth-order valence-corrected chi connectivity index (χ4v) is 0.926. The number of carbonyl (C=O) groups is 1. The largest absolute Gasteiger partial charge is 0.385 e. The van der Waals surface area contributed by atoms with Crippen molar-refractivity contribution in [2.45, 2.75) is 19.1 Å². The summed E-state index contributed by atoms with van der Waals surface area (Å²) in [4.78, 5) is 11.2. The number of hydrogen-bond acceptors (Lipinski definition) is 4. The summed E-state index contributed by atoms with van der Waals surface area (Å²) in [6.45, 7) is 0.976. The number of amides is 1. The van der Waals surface area contributed by atoms with Crippen LogP contribution >= 0.6 is 0 Å². The monoisotopic (exact) mass is 205 g/mol. The third-order valence-electron chi connectivity index (χ3n) is 1.74. The van der Waals surface area contributed by atoms with Gasteiger partial charge in [-0.3, -0.25) is 4.79 Å². The van der Waals surface area contributed by atoms with Crippen LogP contribution in [0.15, 0.2) is 0 Å². The van der Waals surface area contributed by atoms with E-state index in [-0.39, 0.29) is 12.2 Å². The van der Waals surface area contributed by atoms with Gasteiger partial charge in [0.1, 0.15) is 0 Å². The molecule has 0 aromatic heterocycles. The summed E-state index contributed by atoms with van der Waals surface area (Å²) in [5.74, 6) is -0.0128. The predicted octanol–water partition coefficient (Wildman–Crippen LogP) is 0.148. The molecule has 84 valence electrons. The van der Waals surface area contributed by atoms with Crippen LogP contribution in [0.1, 0.15) is 12.8 Å². The minimum absolute atomic E-state index is 0.0128. The number of hydrogen-bond donors (Lipinski definition) is 1. The molecule has 1 N–H and O–H groups in total. The van der Waals surface area contributed by atoms with Crippen molar-refractivity contribution in [1.82, 2.24) is 5.32 Å². The van der Waals surface area contributed by atoms with Gasteiger partial charge in [0.25, 0.3) is 0 Å². The van der Waals surface area contributed by atoms with E-state index in [0.717, 1.165) is 6.42 Å². The molecule has 0 heterocycles. The Balaban J connectivity index is 3.42. The third kappa shape index (κ3) is 6.82. The Kier molecular flexibility index (Phi) is 8.51. The van der Waals surface area contributed by atoms with Gasteiger partial charge in [-0.2, -0.15) is 0 Å². The molecule has 0 radical (unpaired) electrons. The first kappa shape index (κ1) is 13.4. The molecular formula is C9H19NO4. The van der Waals surface area contributed by atoms with Crippen molar-refractivity contribution in [1.29, 1.82) is 0 Å². The second kappa shape index (κ2) is 8.93. The Morgan fingerprint density at radius 3 is 2.43 bits per heavy atom. The van der Waals surface area contributed by atoms with Crippen LogP contribution in [-0.2, 0) is 19.0 Å². The minimum Gasteiger partial charge on any atom is -0.385 e. The molecule has 0 aliphatic carbocycles. The second-order valence-electron chi connectivity index (χ2n) is 2.80. The van der Waals surface area contributed by atoms with Crippen molar-refractivity contribution in [3.63, 3.8) is 0 Å². The molecule has 14 heavy (non-hydrogen) atoms. The highest BCUT2D eigenvalue weighted by atomic mass is 16.7. The maximum atomic E-state index is 11.2. The fourth-order valence-electron chi connectivity index (χ4n) is 0.926. The maximum Gasteiger partial charge on any atom is 0.220 e. The quantitative estimate of drug-likeness (QED) is 0.452. The molecule has 1 amide bonds. The highest BCUT2D eigenvalue weighted by Gasteiger charge is 2.06. The normalized spacial score (nSPS) is 10.6. The highest BCUT2D eigenvalue weighted by molar-refractivity contribution is 5.75. The lowest BCUT2D eigenvalue weighted by Crippen LogP contribution is -2.34. The van der Waals surface area contributed by atoms with Crippen LogP contribution in [0.5, 0.6) is 0 Å². The van der Waals surface area contributed by atoms with Crippen molar-refractivity contribution in [3.8, 4) is 0 Å². The predicted molar refractivity (Wildman–Crippen MR) is 51.9 cm³/mol. The average Bonchev–Trinajstić information content (AvgIpc) is 2.20. The molecular weight excluding hydrogens is 186 g/mol. The molecule has 0 atom stereocenters. The van der Waals surface area contributed by atoms with Gasteiger partial charge in [0, 0.05) is 34.4 Å². The van der Waals surface area contributed by atoms with E-state index < -0.39 is 0 Å². The molecule has 0 fully saturated rings. The highest BCUT2D eigenvalue weighted by Crippen LogP contribution is 1.91. The van der Waals surface area contributed by atoms with Gasteiger partial charge in [-0.15, -0.1) is 0 Å². The fraction of sp³-hybridized carbons (Fsp3) is 0.889. The third-order valence-corrected chi connectivity index (χ3v) is 1.74. The second-order valence-corrected chi connectivity index (χ2v) is 2.80. The average molecular weight is 205 g/mol. The van der Waals surface area contributed by atoms with Gasteiger partial charge in [-0.1, -0.05) is 0 Å². The van der Waals surface area contributed by atoms with Crippen molar-refractivity contribution in [3.05, 3.63) is 0 Å². The molecule has 0 saturated heterocycles. The molecule has 0 aromatic carbocycles. The van der Waals surface area contributed by atoms with Crippen molar-refractivity contribution in [2.75, 3.05) is 34.5 Å². The number of methoxy groups -OCH3 is 3. The van der Waals surface area contributed by atoms with Crippen LogP contribution in [0.3, 0.4) is 0 Å². The maximum absolute atomic E-state index is 11.2. The first-order valence-electron chi connectivity index (χ1n) is 4.55. The zero-order valence-electron chi connectivity index (χ0n) is 9.04. The van der Waals surface area contributed by atoms with Gasteiger partial charge in [0.15, 0.2) is 6.29 Å². The number of nitrogens with one attached hydrogen (secondary N) is 1. The first-order valence-corrected chi connectivity index (χ1v) is 4.55. The molecule has 0 aromatic rings. The van der Waals surface area contributed by atoms with E-state index >= 15 is 0 Å². The van der Waals surface area contributed by atoms with E-state index in [9.17, 15) is 4.79 Å². The number of carbonyl (C=O) groups excluding carboxylic acids is 1. The number of ether oxygens (including phenoxy) is 3. The SMILES string of the molecule is COCCCC(=O)NCC(OC)OC. The van der Waals surface area contributed by atoms with E-state index in [1.165, 1.54) is 14.2 Å². The lowest BCUT2D eigenvalue weighted by atomic mass is 10.3. The van der Waals surface area contributed by atoms with Crippen LogP contribution in [0.2, 0.25) is 0 Å². The van der Waals surface area contributed by atoms with Gasteiger partial charge in [-0.25, -0.2) is 0 Å². The summed E-state index contributed by atoms with van der Waals surface area (Å²) >= 11 is 0. The minimum atomic E-state index is -0.374. The van der Waals surface area contributed by atoms with Crippen LogP contribution < -0.4 is 5.32 Å². The lowest BCUT2D eigenvalue weighted by Gasteiger charge is -2.13. The van der Waals surface area contributed by atoms with Crippen LogP contribution in [0, 0.1) is 0 Å². The van der Waals surface area contributed by atoms with E-state index in [1.807, 2.05) is 0 Å². The van der Waals surface area contributed by atoms with Gasteiger partial charge >= 0.3 is 0 Å². The molecule has 0 spiro atoms. The molecule has 0 rings (SSSR count). The van der Waals surface area contributed by atoms with E-state index in [2.05, 4.69) is 5.32 Å². The summed E-state index contributed by atoms with van der Waals surface area (Å²) < 4.78 is 14.7. The summed E-state index contributed by atoms with van der Waals surface area (Å²) in [7, 11) is 4.68. The summed E-state index contributed by atoms with van der Waals surface area (Å²) in [5.41, 5.74) is 0. The molecule has 0 aliphatic heterocycles. The Labute approximate surface area is 84.7 Å². The molecule has 5 heteroatoms. The van der Waals surface area contributed by atoms with Crippen LogP contribution in [0.25, 0.3) is 0 Å². The Morgan fingerprint density at radius 1 is 1.29 bits per heavy atom. The zero-order chi connectivity index (χ0) is 10.8. The van der Waals surface area contributed by atoms with Crippen LogP contribution in [-0.4, -0.2) is 46.7 Å². The smallest absolute Gasteiger partial charge is 0.220 e. The summed E-state index contributed by atoms with van der Waals surface area (Å²) in [5, 5.41) is 2.70. The van der Waals surface area contributed by atoms with Gasteiger partial charge < -0.3 is 19.5 Å². The van der Waals surface area contributed by atoms with E-state index in [0.29, 0.717) is 19.6 Å². The molecule has 0 bridgehead atoms. The Morgan fingerprint density at radius 2 is 1.93 bits per heavy atom. The van der Waals surface area contributed by atoms with Gasteiger partial charge in [0.2, 0.25) is 5.91 Å². The van der Waals surface area contributed by atoms with Crippen molar-refractivity contribution < 1.29 is 19.0 Å². The Hall–Kier alpha value is -0.650. The van der Waals surface area contributed by atoms with Crippen molar-refractivity contribution >= 4 is 5.91 Å². The number of rotatable bonds is 8. The molecule has 0 aliphatic rings. The van der Waals surface area contributed by atoms with Gasteiger partial charge in [-0.05, 0) is 6.42 Å². The first-order chi connectivity index (χ1) is 6.74. The molecule has 5 nitrogen and oxygen atoms in total. The molecule has 0 unspecified atom stereocenters. The summed E-state index contributed by atoms with van der Waals surface area (Å²) in [6, 6.07) is 0. The van der Waals surface area contributed by atoms with Crippen LogP contribution in [0.4, 0.5) is 0 Å². The Bertz CT molecular complexity index is 148. The summed E-state index contributed by atoms with van der Waals surface area (Å²) in [6.07, 6.45) is 0.822. The van der Waals surface area contributed by atoms with E-state index in [1.54, 1.807) is 7.11 Å².